The van der Waals surface area contributed by atoms with Crippen LogP contribution in [-0.2, 0) is 6.42 Å². The fourth-order valence-corrected chi connectivity index (χ4v) is 3.47. The Hall–Kier alpha value is -2.96. The second-order valence-electron chi connectivity index (χ2n) is 6.92. The average molecular weight is 365 g/mol. The van der Waals surface area contributed by atoms with Crippen LogP contribution in [0, 0.1) is 0 Å². The molecule has 1 aliphatic rings. The van der Waals surface area contributed by atoms with E-state index in [2.05, 4.69) is 27.3 Å². The summed E-state index contributed by atoms with van der Waals surface area (Å²) in [6, 6.07) is 11.7. The van der Waals surface area contributed by atoms with E-state index < -0.39 is 0 Å². The molecule has 1 fully saturated rings. The van der Waals surface area contributed by atoms with Crippen molar-refractivity contribution >= 4 is 5.91 Å². The maximum atomic E-state index is 12.6. The van der Waals surface area contributed by atoms with Gasteiger partial charge in [-0.15, -0.1) is 0 Å². The summed E-state index contributed by atoms with van der Waals surface area (Å²) in [7, 11) is 0. The standard InChI is InChI=1S/C20H23N5O2/c1-2-6-16-13-17(23-22-16)20(26)25-11-9-15(10-12-25)19-21-18(24-27-19)14-7-4-3-5-8-14/h3-5,7-8,13,15H,2,6,9-12H2,1H3,(H,22,23). The third kappa shape index (κ3) is 3.77. The highest BCUT2D eigenvalue weighted by atomic mass is 16.5. The van der Waals surface area contributed by atoms with Crippen molar-refractivity contribution in [3.05, 3.63) is 53.7 Å². The van der Waals surface area contributed by atoms with Crippen LogP contribution in [-0.4, -0.2) is 44.2 Å². The summed E-state index contributed by atoms with van der Waals surface area (Å²) in [6.07, 6.45) is 3.56. The Bertz CT molecular complexity index is 894. The molecule has 4 rings (SSSR count). The van der Waals surface area contributed by atoms with Gasteiger partial charge in [-0.1, -0.05) is 48.8 Å². The second-order valence-corrected chi connectivity index (χ2v) is 6.92. The van der Waals surface area contributed by atoms with E-state index in [-0.39, 0.29) is 11.8 Å². The number of aromatic amines is 1. The molecule has 7 nitrogen and oxygen atoms in total. The largest absolute Gasteiger partial charge is 0.339 e. The van der Waals surface area contributed by atoms with Crippen molar-refractivity contribution in [2.45, 2.75) is 38.5 Å². The first kappa shape index (κ1) is 17.5. The first-order valence-corrected chi connectivity index (χ1v) is 9.47. The fraction of sp³-hybridized carbons (Fsp3) is 0.400. The van der Waals surface area contributed by atoms with Crippen LogP contribution in [0.1, 0.15) is 54.2 Å². The summed E-state index contributed by atoms with van der Waals surface area (Å²) in [5, 5.41) is 11.2. The number of H-pyrrole nitrogens is 1. The number of amides is 1. The molecule has 0 atom stereocenters. The van der Waals surface area contributed by atoms with Gasteiger partial charge in [0.25, 0.3) is 5.91 Å². The van der Waals surface area contributed by atoms with E-state index in [0.717, 1.165) is 36.9 Å². The van der Waals surface area contributed by atoms with Crippen molar-refractivity contribution in [1.82, 2.24) is 25.2 Å². The molecule has 27 heavy (non-hydrogen) atoms. The number of aromatic nitrogens is 4. The van der Waals surface area contributed by atoms with E-state index in [9.17, 15) is 4.79 Å². The lowest BCUT2D eigenvalue weighted by molar-refractivity contribution is 0.0698. The van der Waals surface area contributed by atoms with Crippen LogP contribution >= 0.6 is 0 Å². The number of hydrogen-bond acceptors (Lipinski definition) is 5. The molecule has 7 heteroatoms. The van der Waals surface area contributed by atoms with Gasteiger partial charge in [-0.05, 0) is 25.3 Å². The Morgan fingerprint density at radius 3 is 2.78 bits per heavy atom. The van der Waals surface area contributed by atoms with Gasteiger partial charge in [-0.3, -0.25) is 9.89 Å². The molecule has 3 aromatic rings. The Labute approximate surface area is 157 Å². The predicted molar refractivity (Wildman–Crippen MR) is 100 cm³/mol. The van der Waals surface area contributed by atoms with Crippen LogP contribution in [0.2, 0.25) is 0 Å². The van der Waals surface area contributed by atoms with Gasteiger partial charge < -0.3 is 9.42 Å². The number of likely N-dealkylation sites (tertiary alicyclic amines) is 1. The number of aryl methyl sites for hydroxylation is 1. The molecule has 3 heterocycles. The Balaban J connectivity index is 1.37. The van der Waals surface area contributed by atoms with E-state index in [4.69, 9.17) is 4.52 Å². The third-order valence-electron chi connectivity index (χ3n) is 4.97. The lowest BCUT2D eigenvalue weighted by atomic mass is 9.96. The third-order valence-corrected chi connectivity index (χ3v) is 4.97. The number of benzene rings is 1. The highest BCUT2D eigenvalue weighted by Gasteiger charge is 2.29. The van der Waals surface area contributed by atoms with Crippen LogP contribution in [0.25, 0.3) is 11.4 Å². The van der Waals surface area contributed by atoms with E-state index >= 15 is 0 Å². The van der Waals surface area contributed by atoms with Crippen LogP contribution in [0.15, 0.2) is 40.9 Å². The molecule has 1 amide bonds. The summed E-state index contributed by atoms with van der Waals surface area (Å²) in [5.41, 5.74) is 2.46. The molecule has 0 unspecified atom stereocenters. The van der Waals surface area contributed by atoms with Crippen LogP contribution in [0.5, 0.6) is 0 Å². The molecule has 0 aliphatic carbocycles. The van der Waals surface area contributed by atoms with Gasteiger partial charge in [0.1, 0.15) is 5.69 Å². The van der Waals surface area contributed by atoms with Gasteiger partial charge in [0, 0.05) is 30.3 Å². The van der Waals surface area contributed by atoms with E-state index in [1.807, 2.05) is 41.3 Å². The van der Waals surface area contributed by atoms with Crippen molar-refractivity contribution in [1.29, 1.82) is 0 Å². The van der Waals surface area contributed by atoms with Gasteiger partial charge in [-0.2, -0.15) is 10.1 Å². The maximum absolute atomic E-state index is 12.6. The van der Waals surface area contributed by atoms with E-state index in [1.54, 1.807) is 0 Å². The molecule has 0 bridgehead atoms. The SMILES string of the molecule is CCCc1cc(C(=O)N2CCC(c3nc(-c4ccccc4)no3)CC2)n[nH]1. The molecule has 0 radical (unpaired) electrons. The van der Waals surface area contributed by atoms with Gasteiger partial charge in [-0.25, -0.2) is 0 Å². The molecule has 0 spiro atoms. The molecule has 1 aromatic carbocycles. The zero-order valence-corrected chi connectivity index (χ0v) is 15.4. The van der Waals surface area contributed by atoms with Crippen molar-refractivity contribution in [3.63, 3.8) is 0 Å². The summed E-state index contributed by atoms with van der Waals surface area (Å²) in [4.78, 5) is 19.1. The molecular formula is C20H23N5O2. The summed E-state index contributed by atoms with van der Waals surface area (Å²) >= 11 is 0. The molecule has 2 aromatic heterocycles. The zero-order valence-electron chi connectivity index (χ0n) is 15.4. The predicted octanol–water partition coefficient (Wildman–Crippen LogP) is 3.43. The minimum atomic E-state index is -0.0115. The zero-order chi connectivity index (χ0) is 18.6. The van der Waals surface area contributed by atoms with Crippen LogP contribution in [0.3, 0.4) is 0 Å². The van der Waals surface area contributed by atoms with Gasteiger partial charge in [0.05, 0.1) is 0 Å². The molecule has 140 valence electrons. The number of nitrogens with zero attached hydrogens (tertiary/aromatic N) is 4. The number of carbonyl (C=O) groups is 1. The highest BCUT2D eigenvalue weighted by molar-refractivity contribution is 5.92. The van der Waals surface area contributed by atoms with Gasteiger partial charge >= 0.3 is 0 Å². The minimum Gasteiger partial charge on any atom is -0.339 e. The second kappa shape index (κ2) is 7.73. The molecular weight excluding hydrogens is 342 g/mol. The number of hydrogen-bond donors (Lipinski definition) is 1. The topological polar surface area (TPSA) is 87.9 Å². The first-order valence-electron chi connectivity index (χ1n) is 9.47. The number of nitrogens with one attached hydrogen (secondary N) is 1. The summed E-state index contributed by atoms with van der Waals surface area (Å²) in [5.74, 6) is 1.45. The number of piperidine rings is 1. The number of rotatable bonds is 5. The fourth-order valence-electron chi connectivity index (χ4n) is 3.47. The molecule has 1 saturated heterocycles. The Morgan fingerprint density at radius 2 is 2.04 bits per heavy atom. The lowest BCUT2D eigenvalue weighted by Gasteiger charge is -2.29. The first-order chi connectivity index (χ1) is 13.2. The van der Waals surface area contributed by atoms with Crippen LogP contribution in [0.4, 0.5) is 0 Å². The summed E-state index contributed by atoms with van der Waals surface area (Å²) < 4.78 is 5.49. The Kier molecular flexibility index (Phi) is 5.00. The molecule has 1 aliphatic heterocycles. The maximum Gasteiger partial charge on any atom is 0.274 e. The quantitative estimate of drug-likeness (QED) is 0.748. The Morgan fingerprint density at radius 1 is 1.26 bits per heavy atom. The number of carbonyl (C=O) groups excluding carboxylic acids is 1. The smallest absolute Gasteiger partial charge is 0.274 e. The molecule has 1 N–H and O–H groups in total. The van der Waals surface area contributed by atoms with Crippen molar-refractivity contribution in [2.24, 2.45) is 0 Å². The van der Waals surface area contributed by atoms with Crippen molar-refractivity contribution in [2.75, 3.05) is 13.1 Å². The average Bonchev–Trinajstić information content (AvgIpc) is 3.39. The van der Waals surface area contributed by atoms with Gasteiger partial charge in [0.15, 0.2) is 0 Å². The van der Waals surface area contributed by atoms with Gasteiger partial charge in [0.2, 0.25) is 11.7 Å². The molecule has 0 saturated carbocycles. The highest BCUT2D eigenvalue weighted by Crippen LogP contribution is 2.29. The lowest BCUT2D eigenvalue weighted by Crippen LogP contribution is -2.38. The monoisotopic (exact) mass is 365 g/mol. The van der Waals surface area contributed by atoms with Crippen molar-refractivity contribution < 1.29 is 9.32 Å². The normalized spacial score (nSPS) is 15.2. The van der Waals surface area contributed by atoms with E-state index in [0.29, 0.717) is 30.5 Å². The van der Waals surface area contributed by atoms with Crippen LogP contribution < -0.4 is 0 Å². The summed E-state index contributed by atoms with van der Waals surface area (Å²) in [6.45, 7) is 3.44. The minimum absolute atomic E-state index is 0.0115. The van der Waals surface area contributed by atoms with E-state index in [1.165, 1.54) is 0 Å². The van der Waals surface area contributed by atoms with Crippen molar-refractivity contribution in [3.8, 4) is 11.4 Å².